The largest absolute Gasteiger partial charge is 0.457 e. The summed E-state index contributed by atoms with van der Waals surface area (Å²) in [7, 11) is 0. The van der Waals surface area contributed by atoms with Gasteiger partial charge in [0, 0.05) is 10.0 Å². The quantitative estimate of drug-likeness (QED) is 0.132. The lowest BCUT2D eigenvalue weighted by Crippen LogP contribution is -2.31. The molecule has 0 fully saturated rings. The van der Waals surface area contributed by atoms with E-state index in [1.54, 1.807) is 48.5 Å². The van der Waals surface area contributed by atoms with Crippen LogP contribution in [0.1, 0.15) is 36.1 Å². The zero-order chi connectivity index (χ0) is 39.3. The van der Waals surface area contributed by atoms with Crippen molar-refractivity contribution in [2.24, 2.45) is 0 Å². The van der Waals surface area contributed by atoms with E-state index < -0.39 is 34.7 Å². The summed E-state index contributed by atoms with van der Waals surface area (Å²) in [5.74, 6) is 0.666. The van der Waals surface area contributed by atoms with Crippen molar-refractivity contribution in [1.29, 1.82) is 0 Å². The Labute approximate surface area is 314 Å². The summed E-state index contributed by atoms with van der Waals surface area (Å²) in [5.41, 5.74) is -6.18. The van der Waals surface area contributed by atoms with Gasteiger partial charge in [-0.15, -0.1) is 0 Å². The smallest absolute Gasteiger partial charge is 0.416 e. The van der Waals surface area contributed by atoms with Crippen molar-refractivity contribution in [3.8, 4) is 23.0 Å². The van der Waals surface area contributed by atoms with E-state index in [-0.39, 0.29) is 35.7 Å². The molecule has 18 heteroatoms. The van der Waals surface area contributed by atoms with Crippen LogP contribution in [0.3, 0.4) is 0 Å². The molecule has 54 heavy (non-hydrogen) atoms. The second-order valence-corrected chi connectivity index (χ2v) is 13.1. The third kappa shape index (κ3) is 10.5. The molecule has 2 N–H and O–H groups in total. The molecule has 0 saturated heterocycles. The molecule has 0 aliphatic carbocycles. The molecule has 0 radical (unpaired) electrons. The summed E-state index contributed by atoms with van der Waals surface area (Å²) in [6, 6.07) is 19.3. The van der Waals surface area contributed by atoms with E-state index in [4.69, 9.17) is 32.7 Å². The Balaban J connectivity index is 0.000000208. The van der Waals surface area contributed by atoms with E-state index >= 15 is 0 Å². The van der Waals surface area contributed by atoms with E-state index in [1.807, 2.05) is 0 Å². The van der Waals surface area contributed by atoms with Crippen LogP contribution in [0.4, 0.5) is 26.3 Å². The van der Waals surface area contributed by atoms with Crippen LogP contribution in [0.15, 0.2) is 110 Å². The van der Waals surface area contributed by atoms with E-state index in [0.29, 0.717) is 21.5 Å². The summed E-state index contributed by atoms with van der Waals surface area (Å²) in [4.78, 5) is 7.45. The van der Waals surface area contributed by atoms with Crippen molar-refractivity contribution in [3.63, 3.8) is 0 Å². The molecule has 4 aromatic carbocycles. The maximum atomic E-state index is 13.6. The minimum Gasteiger partial charge on any atom is -0.457 e. The Morgan fingerprint density at radius 1 is 0.537 bits per heavy atom. The van der Waals surface area contributed by atoms with Gasteiger partial charge in [-0.2, -0.15) is 36.5 Å². The first-order valence-corrected chi connectivity index (χ1v) is 16.5. The second-order valence-electron chi connectivity index (χ2n) is 12.3. The highest BCUT2D eigenvalue weighted by Crippen LogP contribution is 2.41. The first kappa shape index (κ1) is 40.0. The third-order valence-corrected chi connectivity index (χ3v) is 8.23. The van der Waals surface area contributed by atoms with Gasteiger partial charge in [-0.3, -0.25) is 0 Å². The second kappa shape index (κ2) is 16.1. The Hall–Kier alpha value is -5.16. The van der Waals surface area contributed by atoms with Gasteiger partial charge in [0.15, 0.2) is 0 Å². The summed E-state index contributed by atoms with van der Waals surface area (Å²) in [5, 5.41) is 30.0. The molecule has 0 spiro atoms. The highest BCUT2D eigenvalue weighted by atomic mass is 35.5. The van der Waals surface area contributed by atoms with Crippen LogP contribution >= 0.6 is 23.2 Å². The van der Waals surface area contributed by atoms with Gasteiger partial charge in [-0.05, 0) is 97.8 Å². The standard InChI is InChI=1S/2C18H15ClF3N3O2/c2*1-17(26,9-25-11-23-10-24-25)15-7-6-14(8-16(15)18(20,21)22)27-13-4-2-12(19)3-5-13/h2*2-8,10-11,26H,9H2,1H3. The van der Waals surface area contributed by atoms with E-state index in [0.717, 1.165) is 12.1 Å². The molecule has 0 amide bonds. The highest BCUT2D eigenvalue weighted by Gasteiger charge is 2.41. The molecule has 2 heterocycles. The summed E-state index contributed by atoms with van der Waals surface area (Å²) in [6.45, 7) is 2.21. The van der Waals surface area contributed by atoms with Crippen LogP contribution in [-0.4, -0.2) is 39.7 Å². The van der Waals surface area contributed by atoms with Gasteiger partial charge in [-0.25, -0.2) is 19.3 Å². The number of hydrogen-bond acceptors (Lipinski definition) is 8. The Bertz CT molecular complexity index is 1970. The maximum Gasteiger partial charge on any atom is 0.416 e. The van der Waals surface area contributed by atoms with Gasteiger partial charge in [0.1, 0.15) is 59.5 Å². The number of aromatic nitrogens is 6. The van der Waals surface area contributed by atoms with Gasteiger partial charge in [0.25, 0.3) is 0 Å². The van der Waals surface area contributed by atoms with Crippen LogP contribution in [-0.2, 0) is 36.6 Å². The van der Waals surface area contributed by atoms with Gasteiger partial charge in [-0.1, -0.05) is 35.3 Å². The lowest BCUT2D eigenvalue weighted by Gasteiger charge is -2.27. The molecule has 2 atom stereocenters. The van der Waals surface area contributed by atoms with Crippen LogP contribution in [0.2, 0.25) is 10.0 Å². The molecule has 0 bridgehead atoms. The van der Waals surface area contributed by atoms with Crippen molar-refractivity contribution in [1.82, 2.24) is 29.5 Å². The fourth-order valence-corrected chi connectivity index (χ4v) is 5.54. The average Bonchev–Trinajstić information content (AvgIpc) is 3.80. The zero-order valence-corrected chi connectivity index (χ0v) is 29.7. The van der Waals surface area contributed by atoms with E-state index in [9.17, 15) is 36.6 Å². The highest BCUT2D eigenvalue weighted by molar-refractivity contribution is 6.30. The molecule has 0 aliphatic heterocycles. The minimum absolute atomic E-state index is 0.00930. The summed E-state index contributed by atoms with van der Waals surface area (Å²) in [6.07, 6.45) is -4.24. The number of benzene rings is 4. The first-order chi connectivity index (χ1) is 25.3. The molecule has 6 aromatic rings. The molecule has 6 rings (SSSR count). The summed E-state index contributed by atoms with van der Waals surface area (Å²) < 4.78 is 95.1. The van der Waals surface area contributed by atoms with Gasteiger partial charge in [0.2, 0.25) is 0 Å². The first-order valence-electron chi connectivity index (χ1n) is 15.7. The number of halogens is 8. The number of hydrogen-bond donors (Lipinski definition) is 2. The van der Waals surface area contributed by atoms with E-state index in [2.05, 4.69) is 20.2 Å². The molecule has 0 aliphatic rings. The topological polar surface area (TPSA) is 120 Å². The number of ether oxygens (including phenoxy) is 2. The van der Waals surface area contributed by atoms with E-state index in [1.165, 1.54) is 72.8 Å². The zero-order valence-electron chi connectivity index (χ0n) is 28.2. The average molecular weight is 796 g/mol. The fourth-order valence-electron chi connectivity index (χ4n) is 5.29. The van der Waals surface area contributed by atoms with Crippen LogP contribution in [0.5, 0.6) is 23.0 Å². The molecular formula is C36H30Cl2F6N6O4. The van der Waals surface area contributed by atoms with Gasteiger partial charge < -0.3 is 19.7 Å². The number of aliphatic hydroxyl groups is 2. The van der Waals surface area contributed by atoms with Crippen molar-refractivity contribution < 1.29 is 46.0 Å². The minimum atomic E-state index is -4.68. The van der Waals surface area contributed by atoms with Crippen molar-refractivity contribution in [3.05, 3.63) is 143 Å². The van der Waals surface area contributed by atoms with Crippen molar-refractivity contribution in [2.75, 3.05) is 0 Å². The monoisotopic (exact) mass is 794 g/mol. The molecule has 0 saturated carbocycles. The molecule has 284 valence electrons. The van der Waals surface area contributed by atoms with Crippen molar-refractivity contribution in [2.45, 2.75) is 50.5 Å². The lowest BCUT2D eigenvalue weighted by atomic mass is 9.90. The van der Waals surface area contributed by atoms with Gasteiger partial charge >= 0.3 is 12.4 Å². The SMILES string of the molecule is CC(O)(Cn1cncn1)c1ccc(Oc2ccc(Cl)cc2)cc1C(F)(F)F.CC(O)(Cn1cncn1)c1ccc(Oc2ccc(Cl)cc2)cc1C(F)(F)F. The molecule has 2 aromatic heterocycles. The van der Waals surface area contributed by atoms with Crippen LogP contribution < -0.4 is 9.47 Å². The number of rotatable bonds is 10. The van der Waals surface area contributed by atoms with Crippen LogP contribution in [0.25, 0.3) is 0 Å². The predicted octanol–water partition coefficient (Wildman–Crippen LogP) is 9.30. The normalized spacial score (nSPS) is 14.0. The maximum absolute atomic E-state index is 13.6. The fraction of sp³-hybridized carbons (Fsp3) is 0.222. The molecular weight excluding hydrogens is 765 g/mol. The number of alkyl halides is 6. The lowest BCUT2D eigenvalue weighted by molar-refractivity contribution is -0.141. The Kier molecular flexibility index (Phi) is 11.9. The molecule has 2 unspecified atom stereocenters. The Morgan fingerprint density at radius 2 is 0.870 bits per heavy atom. The van der Waals surface area contributed by atoms with Crippen molar-refractivity contribution >= 4 is 23.2 Å². The molecule has 10 nitrogen and oxygen atoms in total. The third-order valence-electron chi connectivity index (χ3n) is 7.72. The predicted molar refractivity (Wildman–Crippen MR) is 185 cm³/mol. The van der Waals surface area contributed by atoms with Crippen LogP contribution in [0, 0.1) is 0 Å². The van der Waals surface area contributed by atoms with Gasteiger partial charge in [0.05, 0.1) is 24.2 Å². The number of nitrogens with zero attached hydrogens (tertiary/aromatic N) is 6. The Morgan fingerprint density at radius 3 is 1.17 bits per heavy atom. The summed E-state index contributed by atoms with van der Waals surface area (Å²) >= 11 is 11.6.